The van der Waals surface area contributed by atoms with Crippen LogP contribution in [0.25, 0.3) is 10.8 Å². The number of hydrogen-bond acceptors (Lipinski definition) is 5. The van der Waals surface area contributed by atoms with Gasteiger partial charge in [0.05, 0.1) is 19.1 Å². The molecule has 0 saturated heterocycles. The molecule has 180 valence electrons. The normalized spacial score (nSPS) is 17.7. The van der Waals surface area contributed by atoms with Gasteiger partial charge in [0, 0.05) is 47.0 Å². The van der Waals surface area contributed by atoms with E-state index in [1.165, 1.54) is 16.7 Å². The number of sulfonamides is 1. The van der Waals surface area contributed by atoms with Crippen LogP contribution >= 0.6 is 11.6 Å². The van der Waals surface area contributed by atoms with Gasteiger partial charge in [-0.05, 0) is 55.0 Å². The van der Waals surface area contributed by atoms with Gasteiger partial charge in [-0.2, -0.15) is 0 Å². The maximum atomic E-state index is 13.0. The fraction of sp³-hybridized carbons (Fsp3) is 0.385. The number of rotatable bonds is 8. The van der Waals surface area contributed by atoms with Crippen LogP contribution in [0.15, 0.2) is 47.4 Å². The lowest BCUT2D eigenvalue weighted by Crippen LogP contribution is -2.36. The highest BCUT2D eigenvalue weighted by molar-refractivity contribution is 7.89. The predicted molar refractivity (Wildman–Crippen MR) is 135 cm³/mol. The second-order valence-corrected chi connectivity index (χ2v) is 11.0. The number of fused-ring (bicyclic) bond motifs is 1. The molecule has 0 spiro atoms. The lowest BCUT2D eigenvalue weighted by Gasteiger charge is -2.35. The number of nitrogens with zero attached hydrogens (tertiary/aromatic N) is 1. The number of nitrogens with one attached hydrogen (secondary N) is 1. The van der Waals surface area contributed by atoms with E-state index >= 15 is 0 Å². The quantitative estimate of drug-likeness (QED) is 0.453. The highest BCUT2D eigenvalue weighted by Gasteiger charge is 2.36. The van der Waals surface area contributed by atoms with Crippen LogP contribution in [0.1, 0.15) is 35.6 Å². The molecule has 3 aromatic carbocycles. The smallest absolute Gasteiger partial charge is 0.241 e. The van der Waals surface area contributed by atoms with Crippen LogP contribution in [0.5, 0.6) is 11.5 Å². The van der Waals surface area contributed by atoms with Crippen LogP contribution < -0.4 is 14.2 Å². The molecule has 1 aliphatic heterocycles. The molecule has 2 aliphatic rings. The van der Waals surface area contributed by atoms with E-state index in [4.69, 9.17) is 21.1 Å². The van der Waals surface area contributed by atoms with Crippen LogP contribution in [0.4, 0.5) is 0 Å². The molecule has 0 radical (unpaired) electrons. The Morgan fingerprint density at radius 1 is 1.09 bits per heavy atom. The zero-order chi connectivity index (χ0) is 23.9. The van der Waals surface area contributed by atoms with E-state index in [2.05, 4.69) is 15.7 Å². The van der Waals surface area contributed by atoms with Gasteiger partial charge < -0.3 is 9.47 Å². The van der Waals surface area contributed by atoms with E-state index < -0.39 is 10.0 Å². The van der Waals surface area contributed by atoms with Crippen LogP contribution in [-0.4, -0.2) is 47.2 Å². The molecule has 34 heavy (non-hydrogen) atoms. The third kappa shape index (κ3) is 4.05. The third-order valence-corrected chi connectivity index (χ3v) is 8.89. The van der Waals surface area contributed by atoms with Crippen molar-refractivity contribution >= 4 is 32.4 Å². The molecular weight excluding hydrogens is 472 g/mol. The average Bonchev–Trinajstić information content (AvgIpc) is 3.29. The molecule has 0 fully saturated rings. The summed E-state index contributed by atoms with van der Waals surface area (Å²) in [6.45, 7) is 2.18. The lowest BCUT2D eigenvalue weighted by molar-refractivity contribution is 0.184. The molecule has 8 heteroatoms. The maximum absolute atomic E-state index is 13.0. The second-order valence-electron chi connectivity index (χ2n) is 8.85. The van der Waals surface area contributed by atoms with E-state index in [0.717, 1.165) is 55.7 Å². The van der Waals surface area contributed by atoms with Crippen molar-refractivity contribution in [2.45, 2.75) is 36.6 Å². The predicted octanol–water partition coefficient (Wildman–Crippen LogP) is 4.72. The SMILES string of the molecule is COc1cc2c3c(c1OC)CCC3N(CCCNS(=O)(=O)c1ccc(Cl)c3ccccc13)CC2. The first-order chi connectivity index (χ1) is 16.4. The first-order valence-electron chi connectivity index (χ1n) is 11.6. The van der Waals surface area contributed by atoms with Gasteiger partial charge in [-0.1, -0.05) is 35.9 Å². The summed E-state index contributed by atoms with van der Waals surface area (Å²) in [5.74, 6) is 1.67. The molecular formula is C26H29ClN2O4S. The van der Waals surface area contributed by atoms with Crippen molar-refractivity contribution < 1.29 is 17.9 Å². The van der Waals surface area contributed by atoms with Gasteiger partial charge >= 0.3 is 0 Å². The first-order valence-corrected chi connectivity index (χ1v) is 13.5. The summed E-state index contributed by atoms with van der Waals surface area (Å²) in [6, 6.07) is 13.0. The summed E-state index contributed by atoms with van der Waals surface area (Å²) in [4.78, 5) is 2.75. The molecule has 1 aliphatic carbocycles. The van der Waals surface area contributed by atoms with Crippen molar-refractivity contribution in [1.29, 1.82) is 0 Å². The average molecular weight is 501 g/mol. The second kappa shape index (κ2) is 9.38. The molecule has 1 atom stereocenters. The number of ether oxygens (including phenoxy) is 2. The summed E-state index contributed by atoms with van der Waals surface area (Å²) in [5, 5.41) is 1.92. The minimum atomic E-state index is -3.64. The summed E-state index contributed by atoms with van der Waals surface area (Å²) >= 11 is 6.26. The van der Waals surface area contributed by atoms with E-state index in [9.17, 15) is 8.42 Å². The lowest BCUT2D eigenvalue weighted by atomic mass is 9.92. The van der Waals surface area contributed by atoms with Gasteiger partial charge in [0.2, 0.25) is 10.0 Å². The molecule has 3 aromatic rings. The summed E-state index contributed by atoms with van der Waals surface area (Å²) < 4.78 is 40.1. The highest BCUT2D eigenvalue weighted by atomic mass is 35.5. The third-order valence-electron chi connectivity index (χ3n) is 7.04. The zero-order valence-corrected chi connectivity index (χ0v) is 21.0. The Morgan fingerprint density at radius 2 is 1.88 bits per heavy atom. The van der Waals surface area contributed by atoms with Crippen LogP contribution in [0.2, 0.25) is 5.02 Å². The van der Waals surface area contributed by atoms with Crippen LogP contribution in [0, 0.1) is 0 Å². The van der Waals surface area contributed by atoms with E-state index in [1.807, 2.05) is 18.2 Å². The van der Waals surface area contributed by atoms with Gasteiger partial charge in [0.25, 0.3) is 0 Å². The number of methoxy groups -OCH3 is 2. The van der Waals surface area contributed by atoms with Crippen molar-refractivity contribution in [2.75, 3.05) is 33.9 Å². The molecule has 1 heterocycles. The van der Waals surface area contributed by atoms with Gasteiger partial charge in [0.1, 0.15) is 0 Å². The standard InChI is InChI=1S/C26H29ClN2O4S/c1-32-23-16-17-12-15-29(22-10-8-20(25(17)22)26(23)33-2)14-5-13-28-34(30,31)24-11-9-21(27)18-6-3-4-7-19(18)24/h3-4,6-7,9,11,16,22,28H,5,8,10,12-15H2,1-2H3. The Hall–Kier alpha value is -2.32. The highest BCUT2D eigenvalue weighted by Crippen LogP contribution is 2.48. The van der Waals surface area contributed by atoms with Crippen molar-refractivity contribution in [1.82, 2.24) is 9.62 Å². The minimum absolute atomic E-state index is 0.265. The number of hydrogen-bond donors (Lipinski definition) is 1. The Labute approximate surface area is 205 Å². The minimum Gasteiger partial charge on any atom is -0.493 e. The Morgan fingerprint density at radius 3 is 2.65 bits per heavy atom. The molecule has 1 unspecified atom stereocenters. The van der Waals surface area contributed by atoms with E-state index in [-0.39, 0.29) is 4.90 Å². The van der Waals surface area contributed by atoms with Gasteiger partial charge in [0.15, 0.2) is 11.5 Å². The summed E-state index contributed by atoms with van der Waals surface area (Å²) in [5.41, 5.74) is 4.00. The van der Waals surface area contributed by atoms with E-state index in [1.54, 1.807) is 32.4 Å². The van der Waals surface area contributed by atoms with E-state index in [0.29, 0.717) is 23.0 Å². The van der Waals surface area contributed by atoms with Crippen molar-refractivity contribution in [2.24, 2.45) is 0 Å². The topological polar surface area (TPSA) is 67.9 Å². The molecule has 0 bridgehead atoms. The van der Waals surface area contributed by atoms with Crippen molar-refractivity contribution in [3.63, 3.8) is 0 Å². The zero-order valence-electron chi connectivity index (χ0n) is 19.4. The monoisotopic (exact) mass is 500 g/mol. The summed E-state index contributed by atoms with van der Waals surface area (Å²) in [7, 11) is -0.252. The van der Waals surface area contributed by atoms with Crippen LogP contribution in [0.3, 0.4) is 0 Å². The Balaban J connectivity index is 1.26. The first kappa shape index (κ1) is 23.4. The van der Waals surface area contributed by atoms with Gasteiger partial charge in [-0.15, -0.1) is 0 Å². The van der Waals surface area contributed by atoms with Gasteiger partial charge in [-0.3, -0.25) is 4.90 Å². The molecule has 0 aromatic heterocycles. The largest absolute Gasteiger partial charge is 0.493 e. The molecule has 1 N–H and O–H groups in total. The molecule has 0 saturated carbocycles. The fourth-order valence-corrected chi connectivity index (χ4v) is 7.04. The maximum Gasteiger partial charge on any atom is 0.241 e. The molecule has 6 nitrogen and oxygen atoms in total. The number of benzene rings is 3. The Bertz CT molecular complexity index is 1340. The van der Waals surface area contributed by atoms with Crippen molar-refractivity contribution in [3.05, 3.63) is 64.2 Å². The molecule has 5 rings (SSSR count). The van der Waals surface area contributed by atoms with Crippen molar-refractivity contribution in [3.8, 4) is 11.5 Å². The fourth-order valence-electron chi connectivity index (χ4n) is 5.53. The molecule has 0 amide bonds. The number of halogens is 1. The van der Waals surface area contributed by atoms with Crippen LogP contribution in [-0.2, 0) is 22.9 Å². The van der Waals surface area contributed by atoms with Gasteiger partial charge in [-0.25, -0.2) is 13.1 Å². The summed E-state index contributed by atoms with van der Waals surface area (Å²) in [6.07, 6.45) is 3.72. The Kier molecular flexibility index (Phi) is 6.46.